The summed E-state index contributed by atoms with van der Waals surface area (Å²) in [7, 11) is 0. The van der Waals surface area contributed by atoms with E-state index in [9.17, 15) is 9.59 Å². The Labute approximate surface area is 177 Å². The normalized spacial score (nSPS) is 32.7. The Bertz CT molecular complexity index is 953. The maximum absolute atomic E-state index is 13.2. The van der Waals surface area contributed by atoms with E-state index in [1.54, 1.807) is 6.33 Å². The van der Waals surface area contributed by atoms with Gasteiger partial charge in [-0.1, -0.05) is 0 Å². The van der Waals surface area contributed by atoms with Crippen molar-refractivity contribution in [1.29, 1.82) is 0 Å². The van der Waals surface area contributed by atoms with Crippen LogP contribution in [-0.2, 0) is 4.79 Å². The minimum Gasteiger partial charge on any atom is -0.345 e. The number of aromatic amines is 1. The molecule has 4 bridgehead atoms. The molecule has 6 nitrogen and oxygen atoms in total. The second-order valence-electron chi connectivity index (χ2n) is 10.4. The third-order valence-electron chi connectivity index (χ3n) is 8.28. The van der Waals surface area contributed by atoms with Crippen molar-refractivity contribution in [2.75, 3.05) is 26.2 Å². The van der Waals surface area contributed by atoms with Gasteiger partial charge in [0.2, 0.25) is 5.91 Å². The summed E-state index contributed by atoms with van der Waals surface area (Å²) in [4.78, 5) is 37.3. The van der Waals surface area contributed by atoms with Crippen LogP contribution in [-0.4, -0.2) is 57.8 Å². The van der Waals surface area contributed by atoms with Gasteiger partial charge in [-0.25, -0.2) is 4.98 Å². The molecule has 1 saturated heterocycles. The van der Waals surface area contributed by atoms with E-state index in [1.165, 1.54) is 38.5 Å². The van der Waals surface area contributed by atoms with E-state index < -0.39 is 0 Å². The first-order valence-electron chi connectivity index (χ1n) is 11.6. The smallest absolute Gasteiger partial charge is 0.254 e. The largest absolute Gasteiger partial charge is 0.345 e. The molecule has 0 radical (unpaired) electrons. The minimum absolute atomic E-state index is 0.0414. The minimum atomic E-state index is 0.0414. The Kier molecular flexibility index (Phi) is 4.19. The maximum Gasteiger partial charge on any atom is 0.254 e. The number of benzene rings is 1. The molecule has 4 aliphatic carbocycles. The molecule has 5 fully saturated rings. The van der Waals surface area contributed by atoms with Gasteiger partial charge in [-0.3, -0.25) is 9.59 Å². The first-order valence-corrected chi connectivity index (χ1v) is 11.6. The van der Waals surface area contributed by atoms with Gasteiger partial charge in [0.05, 0.1) is 17.4 Å². The Morgan fingerprint density at radius 1 is 0.967 bits per heavy atom. The quantitative estimate of drug-likeness (QED) is 0.849. The number of imidazole rings is 1. The van der Waals surface area contributed by atoms with E-state index >= 15 is 0 Å². The van der Waals surface area contributed by atoms with Crippen LogP contribution >= 0.6 is 0 Å². The van der Waals surface area contributed by atoms with Gasteiger partial charge < -0.3 is 14.8 Å². The third kappa shape index (κ3) is 3.12. The highest BCUT2D eigenvalue weighted by atomic mass is 16.2. The van der Waals surface area contributed by atoms with Crippen molar-refractivity contribution in [2.24, 2.45) is 23.2 Å². The fourth-order valence-electron chi connectivity index (χ4n) is 7.35. The van der Waals surface area contributed by atoms with Crippen LogP contribution in [0.25, 0.3) is 11.0 Å². The molecule has 5 aliphatic rings. The van der Waals surface area contributed by atoms with Gasteiger partial charge in [-0.15, -0.1) is 0 Å². The van der Waals surface area contributed by atoms with E-state index in [2.05, 4.69) is 9.97 Å². The highest BCUT2D eigenvalue weighted by Crippen LogP contribution is 2.61. The Morgan fingerprint density at radius 3 is 2.27 bits per heavy atom. The molecular formula is C24H30N4O2. The Balaban J connectivity index is 1.08. The fourth-order valence-corrected chi connectivity index (χ4v) is 7.35. The van der Waals surface area contributed by atoms with E-state index in [0.717, 1.165) is 35.2 Å². The number of nitrogens with zero attached hydrogens (tertiary/aromatic N) is 3. The molecule has 6 heteroatoms. The topological polar surface area (TPSA) is 69.3 Å². The average Bonchev–Trinajstić information content (AvgIpc) is 3.20. The zero-order valence-corrected chi connectivity index (χ0v) is 17.5. The fraction of sp³-hybridized carbons (Fsp3) is 0.625. The molecule has 1 aromatic heterocycles. The lowest BCUT2D eigenvalue weighted by Gasteiger charge is -2.57. The van der Waals surface area contributed by atoms with E-state index in [-0.39, 0.29) is 11.3 Å². The number of nitrogens with one attached hydrogen (secondary N) is 1. The van der Waals surface area contributed by atoms with Crippen LogP contribution in [0.4, 0.5) is 0 Å². The van der Waals surface area contributed by atoms with Crippen LogP contribution in [0.15, 0.2) is 24.5 Å². The van der Waals surface area contributed by atoms with Crippen molar-refractivity contribution in [2.45, 2.75) is 44.9 Å². The standard InChI is InChI=1S/C24H30N4O2/c29-22(14-24-11-16-7-17(12-24)9-18(8-16)13-24)27-3-5-28(6-4-27)23(30)19-1-2-20-21(10-19)26-15-25-20/h1-2,10,15-18H,3-9,11-14H2,(H,25,26). The predicted octanol–water partition coefficient (Wildman–Crippen LogP) is 3.45. The van der Waals surface area contributed by atoms with Crippen molar-refractivity contribution in [1.82, 2.24) is 19.8 Å². The van der Waals surface area contributed by atoms with Crippen LogP contribution < -0.4 is 0 Å². The summed E-state index contributed by atoms with van der Waals surface area (Å²) in [5, 5.41) is 0. The van der Waals surface area contributed by atoms with Crippen molar-refractivity contribution >= 4 is 22.8 Å². The first-order chi connectivity index (χ1) is 14.6. The van der Waals surface area contributed by atoms with Gasteiger partial charge in [0, 0.05) is 38.2 Å². The molecule has 2 heterocycles. The number of fused-ring (bicyclic) bond motifs is 1. The van der Waals surface area contributed by atoms with Gasteiger partial charge in [-0.2, -0.15) is 0 Å². The van der Waals surface area contributed by atoms with Crippen LogP contribution in [0.3, 0.4) is 0 Å². The number of hydrogen-bond donors (Lipinski definition) is 1. The van der Waals surface area contributed by atoms with Crippen molar-refractivity contribution < 1.29 is 9.59 Å². The zero-order valence-electron chi connectivity index (χ0n) is 17.5. The molecule has 7 rings (SSSR count). The maximum atomic E-state index is 13.2. The summed E-state index contributed by atoms with van der Waals surface area (Å²) in [6.45, 7) is 2.55. The molecule has 2 amide bonds. The SMILES string of the molecule is O=C(CC12CC3CC(CC(C3)C1)C2)N1CCN(C(=O)c2ccc3nc[nH]c3c2)CC1. The van der Waals surface area contributed by atoms with Gasteiger partial charge in [0.15, 0.2) is 0 Å². The van der Waals surface area contributed by atoms with Crippen molar-refractivity contribution in [3.63, 3.8) is 0 Å². The van der Waals surface area contributed by atoms with Crippen LogP contribution in [0.5, 0.6) is 0 Å². The second kappa shape index (κ2) is 6.82. The molecule has 0 atom stereocenters. The summed E-state index contributed by atoms with van der Waals surface area (Å²) in [5.41, 5.74) is 2.72. The first kappa shape index (κ1) is 18.4. The molecule has 30 heavy (non-hydrogen) atoms. The number of aromatic nitrogens is 2. The Hall–Kier alpha value is -2.37. The molecule has 1 N–H and O–H groups in total. The molecule has 2 aromatic rings. The lowest BCUT2D eigenvalue weighted by Crippen LogP contribution is -2.53. The van der Waals surface area contributed by atoms with E-state index in [1.807, 2.05) is 28.0 Å². The molecular weight excluding hydrogens is 376 g/mol. The predicted molar refractivity (Wildman–Crippen MR) is 114 cm³/mol. The number of H-pyrrole nitrogens is 1. The number of hydrogen-bond acceptors (Lipinski definition) is 3. The number of piperazine rings is 1. The van der Waals surface area contributed by atoms with Gasteiger partial charge in [-0.05, 0) is 79.9 Å². The van der Waals surface area contributed by atoms with Crippen LogP contribution in [0, 0.1) is 23.2 Å². The molecule has 0 spiro atoms. The summed E-state index contributed by atoms with van der Waals surface area (Å²) in [6, 6.07) is 5.59. The van der Waals surface area contributed by atoms with Crippen LogP contribution in [0.2, 0.25) is 0 Å². The third-order valence-corrected chi connectivity index (χ3v) is 8.28. The van der Waals surface area contributed by atoms with Gasteiger partial charge in [0.25, 0.3) is 5.91 Å². The molecule has 1 aliphatic heterocycles. The molecule has 158 valence electrons. The molecule has 0 unspecified atom stereocenters. The summed E-state index contributed by atoms with van der Waals surface area (Å²) in [6.07, 6.45) is 10.5. The highest BCUT2D eigenvalue weighted by Gasteiger charge is 2.51. The van der Waals surface area contributed by atoms with Gasteiger partial charge >= 0.3 is 0 Å². The zero-order chi connectivity index (χ0) is 20.3. The number of carbonyl (C=O) groups excluding carboxylic acids is 2. The number of amides is 2. The number of rotatable bonds is 3. The molecule has 1 aromatic carbocycles. The highest BCUT2D eigenvalue weighted by molar-refractivity contribution is 5.97. The summed E-state index contributed by atoms with van der Waals surface area (Å²) in [5.74, 6) is 3.00. The van der Waals surface area contributed by atoms with Gasteiger partial charge in [0.1, 0.15) is 0 Å². The van der Waals surface area contributed by atoms with E-state index in [0.29, 0.717) is 37.6 Å². The lowest BCUT2D eigenvalue weighted by atomic mass is 9.49. The second-order valence-corrected chi connectivity index (χ2v) is 10.4. The van der Waals surface area contributed by atoms with Crippen LogP contribution in [0.1, 0.15) is 55.3 Å². The van der Waals surface area contributed by atoms with Crippen molar-refractivity contribution in [3.8, 4) is 0 Å². The van der Waals surface area contributed by atoms with Crippen molar-refractivity contribution in [3.05, 3.63) is 30.1 Å². The number of carbonyl (C=O) groups is 2. The van der Waals surface area contributed by atoms with E-state index in [4.69, 9.17) is 0 Å². The Morgan fingerprint density at radius 2 is 1.60 bits per heavy atom. The summed E-state index contributed by atoms with van der Waals surface area (Å²) < 4.78 is 0. The lowest BCUT2D eigenvalue weighted by molar-refractivity contribution is -0.141. The average molecular weight is 407 g/mol. The monoisotopic (exact) mass is 406 g/mol. The summed E-state index contributed by atoms with van der Waals surface area (Å²) >= 11 is 0. The molecule has 4 saturated carbocycles.